The summed E-state index contributed by atoms with van der Waals surface area (Å²) in [6.45, 7) is 0.545. The molecule has 0 N–H and O–H groups in total. The predicted octanol–water partition coefficient (Wildman–Crippen LogP) is 0.732. The van der Waals surface area contributed by atoms with Crippen LogP contribution >= 0.6 is 0 Å². The van der Waals surface area contributed by atoms with Crippen LogP contribution < -0.4 is 0 Å². The Kier molecular flexibility index (Phi) is 4.13. The van der Waals surface area contributed by atoms with Gasteiger partial charge in [0.2, 0.25) is 11.7 Å². The zero-order valence-electron chi connectivity index (χ0n) is 13.0. The average Bonchev–Trinajstić information content (AvgIpc) is 3.17. The number of benzene rings is 1. The lowest BCUT2D eigenvalue weighted by molar-refractivity contribution is -0.131. The molecule has 0 spiro atoms. The summed E-state index contributed by atoms with van der Waals surface area (Å²) in [6.07, 6.45) is 3.62. The summed E-state index contributed by atoms with van der Waals surface area (Å²) in [4.78, 5) is 15.2. The van der Waals surface area contributed by atoms with Gasteiger partial charge in [-0.25, -0.2) is 0 Å². The molecule has 0 atom stereocenters. The number of hydrogen-bond acceptors (Lipinski definition) is 5. The van der Waals surface area contributed by atoms with Crippen molar-refractivity contribution in [3.05, 3.63) is 48.3 Å². The Labute approximate surface area is 133 Å². The number of tetrazole rings is 1. The zero-order chi connectivity index (χ0) is 16.2. The number of amides is 1. The van der Waals surface area contributed by atoms with Crippen LogP contribution in [0.4, 0.5) is 0 Å². The summed E-state index contributed by atoms with van der Waals surface area (Å²) in [5.41, 5.74) is 1.84. The molecule has 0 aliphatic carbocycles. The quantitative estimate of drug-likeness (QED) is 0.694. The van der Waals surface area contributed by atoms with Crippen molar-refractivity contribution in [2.24, 2.45) is 7.05 Å². The monoisotopic (exact) mass is 311 g/mol. The lowest BCUT2D eigenvalue weighted by Gasteiger charge is -2.15. The molecule has 3 aromatic rings. The van der Waals surface area contributed by atoms with E-state index < -0.39 is 0 Å². The van der Waals surface area contributed by atoms with Gasteiger partial charge in [-0.15, -0.1) is 10.2 Å². The number of carbonyl (C=O) groups excluding carboxylic acids is 1. The van der Waals surface area contributed by atoms with Gasteiger partial charge in [0, 0.05) is 38.0 Å². The third-order valence-corrected chi connectivity index (χ3v) is 3.37. The first-order valence-electron chi connectivity index (χ1n) is 7.16. The van der Waals surface area contributed by atoms with E-state index in [-0.39, 0.29) is 12.5 Å². The Hall–Kier alpha value is -3.03. The van der Waals surface area contributed by atoms with Crippen molar-refractivity contribution in [3.63, 3.8) is 0 Å². The highest BCUT2D eigenvalue weighted by atomic mass is 16.2. The normalized spacial score (nSPS) is 10.7. The number of aryl methyl sites for hydroxylation is 1. The molecule has 0 saturated carbocycles. The summed E-state index contributed by atoms with van der Waals surface area (Å²) < 4.78 is 1.71. The molecule has 23 heavy (non-hydrogen) atoms. The minimum atomic E-state index is -0.0918. The topological polar surface area (TPSA) is 81.7 Å². The van der Waals surface area contributed by atoms with E-state index in [1.165, 1.54) is 4.80 Å². The molecular formula is C15H17N7O. The van der Waals surface area contributed by atoms with Crippen LogP contribution in [0, 0.1) is 0 Å². The van der Waals surface area contributed by atoms with E-state index in [2.05, 4.69) is 20.5 Å². The summed E-state index contributed by atoms with van der Waals surface area (Å²) >= 11 is 0. The maximum atomic E-state index is 12.2. The Morgan fingerprint density at radius 3 is 2.74 bits per heavy atom. The fourth-order valence-electron chi connectivity index (χ4n) is 2.17. The second kappa shape index (κ2) is 6.39. The zero-order valence-corrected chi connectivity index (χ0v) is 13.0. The molecule has 0 aliphatic rings. The van der Waals surface area contributed by atoms with Crippen LogP contribution in [0.15, 0.2) is 42.7 Å². The molecule has 1 aromatic carbocycles. The van der Waals surface area contributed by atoms with E-state index in [4.69, 9.17) is 0 Å². The number of likely N-dealkylation sites (N-methyl/N-ethyl adjacent to an activating group) is 1. The van der Waals surface area contributed by atoms with Gasteiger partial charge in [0.25, 0.3) is 0 Å². The minimum Gasteiger partial charge on any atom is -0.340 e. The molecule has 0 unspecified atom stereocenters. The molecule has 0 bridgehead atoms. The van der Waals surface area contributed by atoms with Crippen LogP contribution in [0.5, 0.6) is 0 Å². The third-order valence-electron chi connectivity index (χ3n) is 3.37. The van der Waals surface area contributed by atoms with Gasteiger partial charge in [0.1, 0.15) is 6.54 Å². The lowest BCUT2D eigenvalue weighted by atomic mass is 10.2. The summed E-state index contributed by atoms with van der Waals surface area (Å²) in [5, 5.41) is 16.3. The molecular weight excluding hydrogens is 294 g/mol. The second-order valence-corrected chi connectivity index (χ2v) is 5.28. The summed E-state index contributed by atoms with van der Waals surface area (Å²) in [6, 6.07) is 9.53. The molecule has 0 fully saturated rings. The first kappa shape index (κ1) is 14.9. The number of nitrogens with zero attached hydrogens (tertiary/aromatic N) is 7. The first-order chi connectivity index (χ1) is 11.1. The van der Waals surface area contributed by atoms with Crippen molar-refractivity contribution in [1.82, 2.24) is 34.9 Å². The van der Waals surface area contributed by atoms with Crippen LogP contribution in [0.1, 0.15) is 5.56 Å². The maximum absolute atomic E-state index is 12.2. The number of aromatic nitrogens is 6. The van der Waals surface area contributed by atoms with E-state index in [0.29, 0.717) is 12.4 Å². The van der Waals surface area contributed by atoms with Crippen molar-refractivity contribution in [3.8, 4) is 11.4 Å². The average molecular weight is 311 g/mol. The van der Waals surface area contributed by atoms with Crippen molar-refractivity contribution in [2.75, 3.05) is 7.05 Å². The highest BCUT2D eigenvalue weighted by Crippen LogP contribution is 2.11. The van der Waals surface area contributed by atoms with Crippen LogP contribution in [0.3, 0.4) is 0 Å². The van der Waals surface area contributed by atoms with Gasteiger partial charge in [0.05, 0.1) is 6.20 Å². The predicted molar refractivity (Wildman–Crippen MR) is 82.9 cm³/mol. The molecule has 118 valence electrons. The molecule has 2 heterocycles. The van der Waals surface area contributed by atoms with E-state index in [1.807, 2.05) is 43.6 Å². The van der Waals surface area contributed by atoms with Crippen molar-refractivity contribution >= 4 is 5.91 Å². The maximum Gasteiger partial charge on any atom is 0.246 e. The molecule has 0 radical (unpaired) electrons. The van der Waals surface area contributed by atoms with Crippen molar-refractivity contribution in [2.45, 2.75) is 13.1 Å². The number of rotatable bonds is 5. The standard InChI is InChI=1S/C15H17N7O/c1-20(9-12-8-16-21(2)10-12)14(23)11-22-18-15(17-19-22)13-6-4-3-5-7-13/h3-8,10H,9,11H2,1-2H3. The van der Waals surface area contributed by atoms with Crippen molar-refractivity contribution < 1.29 is 4.79 Å². The number of hydrogen-bond donors (Lipinski definition) is 0. The highest BCUT2D eigenvalue weighted by molar-refractivity contribution is 5.75. The van der Waals surface area contributed by atoms with Crippen LogP contribution in [-0.4, -0.2) is 47.8 Å². The molecule has 8 nitrogen and oxygen atoms in total. The van der Waals surface area contributed by atoms with Gasteiger partial charge in [-0.3, -0.25) is 9.48 Å². The molecule has 0 aliphatic heterocycles. The Morgan fingerprint density at radius 2 is 2.04 bits per heavy atom. The highest BCUT2D eigenvalue weighted by Gasteiger charge is 2.13. The third kappa shape index (κ3) is 3.60. The van der Waals surface area contributed by atoms with Crippen molar-refractivity contribution in [1.29, 1.82) is 0 Å². The van der Waals surface area contributed by atoms with Crippen LogP contribution in [0.2, 0.25) is 0 Å². The summed E-state index contributed by atoms with van der Waals surface area (Å²) in [5.74, 6) is 0.416. The van der Waals surface area contributed by atoms with E-state index in [0.717, 1.165) is 11.1 Å². The van der Waals surface area contributed by atoms with Gasteiger partial charge in [-0.05, 0) is 5.21 Å². The molecule has 1 amide bonds. The minimum absolute atomic E-state index is 0.0522. The first-order valence-corrected chi connectivity index (χ1v) is 7.16. The van der Waals surface area contributed by atoms with E-state index >= 15 is 0 Å². The molecule has 3 rings (SSSR count). The van der Waals surface area contributed by atoms with Crippen LogP contribution in [-0.2, 0) is 24.9 Å². The fraction of sp³-hybridized carbons (Fsp3) is 0.267. The lowest BCUT2D eigenvalue weighted by Crippen LogP contribution is -2.30. The van der Waals surface area contributed by atoms with Gasteiger partial charge < -0.3 is 4.90 Å². The Balaban J connectivity index is 1.63. The molecule has 2 aromatic heterocycles. The second-order valence-electron chi connectivity index (χ2n) is 5.28. The summed E-state index contributed by atoms with van der Waals surface area (Å²) in [7, 11) is 3.58. The SMILES string of the molecule is CN(Cc1cnn(C)c1)C(=O)Cn1nnc(-c2ccccc2)n1. The largest absolute Gasteiger partial charge is 0.340 e. The van der Waals surface area contributed by atoms with E-state index in [9.17, 15) is 4.79 Å². The van der Waals surface area contributed by atoms with Gasteiger partial charge >= 0.3 is 0 Å². The Morgan fingerprint density at radius 1 is 1.26 bits per heavy atom. The van der Waals surface area contributed by atoms with Gasteiger partial charge in [0.15, 0.2) is 0 Å². The molecule has 8 heteroatoms. The van der Waals surface area contributed by atoms with Gasteiger partial charge in [-0.2, -0.15) is 9.90 Å². The van der Waals surface area contributed by atoms with Gasteiger partial charge in [-0.1, -0.05) is 30.3 Å². The molecule has 0 saturated heterocycles. The number of carbonyl (C=O) groups is 1. The van der Waals surface area contributed by atoms with E-state index in [1.54, 1.807) is 22.8 Å². The van der Waals surface area contributed by atoms with Crippen LogP contribution in [0.25, 0.3) is 11.4 Å². The smallest absolute Gasteiger partial charge is 0.246 e. The Bertz CT molecular complexity index is 793. The fourth-order valence-corrected chi connectivity index (χ4v) is 2.17.